The zero-order valence-corrected chi connectivity index (χ0v) is 8.89. The molecule has 2 aliphatic rings. The van der Waals surface area contributed by atoms with Gasteiger partial charge in [-0.15, -0.1) is 0 Å². The van der Waals surface area contributed by atoms with Crippen molar-refractivity contribution >= 4 is 5.91 Å². The molecule has 3 nitrogen and oxygen atoms in total. The van der Waals surface area contributed by atoms with E-state index in [9.17, 15) is 18.0 Å². The van der Waals surface area contributed by atoms with Gasteiger partial charge in [-0.2, -0.15) is 13.2 Å². The van der Waals surface area contributed by atoms with E-state index in [-0.39, 0.29) is 12.5 Å². The van der Waals surface area contributed by atoms with Crippen LogP contribution in [0.2, 0.25) is 0 Å². The quantitative estimate of drug-likeness (QED) is 0.797. The highest BCUT2D eigenvalue weighted by Gasteiger charge is 2.39. The highest BCUT2D eigenvalue weighted by atomic mass is 19.4. The third kappa shape index (κ3) is 2.87. The second-order valence-electron chi connectivity index (χ2n) is 4.59. The number of nitrogens with zero attached hydrogens (tertiary/aromatic N) is 1. The Hall–Kier alpha value is -0.780. The normalized spacial score (nSPS) is 27.1. The fraction of sp³-hybridized carbons (Fsp3) is 0.900. The lowest BCUT2D eigenvalue weighted by Crippen LogP contribution is -2.39. The number of likely N-dealkylation sites (tertiary alicyclic amines) is 1. The second-order valence-corrected chi connectivity index (χ2v) is 4.59. The zero-order valence-electron chi connectivity index (χ0n) is 8.89. The van der Waals surface area contributed by atoms with Crippen LogP contribution >= 0.6 is 0 Å². The molecule has 6 heteroatoms. The van der Waals surface area contributed by atoms with E-state index in [0.29, 0.717) is 6.04 Å². The van der Waals surface area contributed by atoms with Gasteiger partial charge >= 0.3 is 12.1 Å². The molecular weight excluding hydrogens is 221 g/mol. The summed E-state index contributed by atoms with van der Waals surface area (Å²) < 4.78 is 35.7. The van der Waals surface area contributed by atoms with E-state index in [4.69, 9.17) is 0 Å². The van der Waals surface area contributed by atoms with Gasteiger partial charge in [0, 0.05) is 19.1 Å². The SMILES string of the molecule is O=C(NCC1CCN(C2CC2)C1)C(F)(F)F. The molecule has 1 saturated heterocycles. The summed E-state index contributed by atoms with van der Waals surface area (Å²) in [5.74, 6) is -1.65. The van der Waals surface area contributed by atoms with Gasteiger partial charge in [0.15, 0.2) is 0 Å². The van der Waals surface area contributed by atoms with Crippen LogP contribution in [0.4, 0.5) is 13.2 Å². The van der Waals surface area contributed by atoms with Crippen molar-refractivity contribution in [2.75, 3.05) is 19.6 Å². The number of alkyl halides is 3. The molecule has 0 aromatic carbocycles. The van der Waals surface area contributed by atoms with Crippen LogP contribution in [0.3, 0.4) is 0 Å². The van der Waals surface area contributed by atoms with E-state index < -0.39 is 12.1 Å². The maximum atomic E-state index is 11.9. The molecule has 0 radical (unpaired) electrons. The standard InChI is InChI=1S/C10H15F3N2O/c11-10(12,13)9(16)14-5-7-3-4-15(6-7)8-1-2-8/h7-8H,1-6H2,(H,14,16). The summed E-state index contributed by atoms with van der Waals surface area (Å²) in [6.45, 7) is 1.92. The summed E-state index contributed by atoms with van der Waals surface area (Å²) in [4.78, 5) is 12.9. The van der Waals surface area contributed by atoms with Crippen molar-refractivity contribution in [3.8, 4) is 0 Å². The van der Waals surface area contributed by atoms with Crippen LogP contribution < -0.4 is 5.32 Å². The molecule has 0 aromatic rings. The van der Waals surface area contributed by atoms with E-state index in [1.54, 1.807) is 0 Å². The molecule has 16 heavy (non-hydrogen) atoms. The first-order valence-electron chi connectivity index (χ1n) is 5.56. The van der Waals surface area contributed by atoms with Crippen molar-refractivity contribution in [2.24, 2.45) is 5.92 Å². The van der Waals surface area contributed by atoms with Gasteiger partial charge in [-0.1, -0.05) is 0 Å². The molecule has 92 valence electrons. The van der Waals surface area contributed by atoms with E-state index in [0.717, 1.165) is 19.5 Å². The fourth-order valence-corrected chi connectivity index (χ4v) is 2.14. The van der Waals surface area contributed by atoms with Gasteiger partial charge in [0.1, 0.15) is 0 Å². The van der Waals surface area contributed by atoms with Gasteiger partial charge in [-0.3, -0.25) is 4.79 Å². The number of rotatable bonds is 3. The van der Waals surface area contributed by atoms with Gasteiger partial charge in [0.2, 0.25) is 0 Å². The van der Waals surface area contributed by atoms with Crippen LogP contribution in [0.5, 0.6) is 0 Å². The number of carbonyl (C=O) groups excluding carboxylic acids is 1. The van der Waals surface area contributed by atoms with Crippen molar-refractivity contribution in [3.63, 3.8) is 0 Å². The topological polar surface area (TPSA) is 32.3 Å². The highest BCUT2D eigenvalue weighted by molar-refractivity contribution is 5.81. The van der Waals surface area contributed by atoms with Crippen LogP contribution in [0.15, 0.2) is 0 Å². The molecule has 1 aliphatic heterocycles. The molecule has 1 aliphatic carbocycles. The smallest absolute Gasteiger partial charge is 0.348 e. The van der Waals surface area contributed by atoms with E-state index in [1.165, 1.54) is 12.8 Å². The molecule has 1 atom stereocenters. The number of hydrogen-bond donors (Lipinski definition) is 1. The minimum Gasteiger partial charge on any atom is -0.348 e. The Kier molecular flexibility index (Phi) is 3.10. The number of carbonyl (C=O) groups is 1. The number of hydrogen-bond acceptors (Lipinski definition) is 2. The summed E-state index contributed by atoms with van der Waals surface area (Å²) in [6.07, 6.45) is -1.45. The molecule has 1 unspecified atom stereocenters. The molecule has 1 heterocycles. The molecule has 1 N–H and O–H groups in total. The van der Waals surface area contributed by atoms with E-state index in [2.05, 4.69) is 4.90 Å². The van der Waals surface area contributed by atoms with Gasteiger partial charge in [-0.05, 0) is 31.7 Å². The van der Waals surface area contributed by atoms with Crippen LogP contribution in [-0.4, -0.2) is 42.7 Å². The monoisotopic (exact) mass is 236 g/mol. The molecular formula is C10H15F3N2O. The summed E-state index contributed by atoms with van der Waals surface area (Å²) >= 11 is 0. The number of amides is 1. The van der Waals surface area contributed by atoms with Crippen molar-refractivity contribution < 1.29 is 18.0 Å². The zero-order chi connectivity index (χ0) is 11.8. The van der Waals surface area contributed by atoms with Gasteiger partial charge in [0.05, 0.1) is 0 Å². The summed E-state index contributed by atoms with van der Waals surface area (Å²) in [6, 6.07) is 0.656. The van der Waals surface area contributed by atoms with E-state index >= 15 is 0 Å². The Morgan fingerprint density at radius 2 is 2.00 bits per heavy atom. The second kappa shape index (κ2) is 4.24. The predicted octanol–water partition coefficient (Wildman–Crippen LogP) is 1.15. The molecule has 1 saturated carbocycles. The predicted molar refractivity (Wildman–Crippen MR) is 51.8 cm³/mol. The number of halogens is 3. The third-order valence-corrected chi connectivity index (χ3v) is 3.19. The summed E-state index contributed by atoms with van der Waals surface area (Å²) in [5, 5.41) is 1.95. The third-order valence-electron chi connectivity index (χ3n) is 3.19. The Bertz CT molecular complexity index is 276. The van der Waals surface area contributed by atoms with Gasteiger partial charge in [0.25, 0.3) is 0 Å². The Balaban J connectivity index is 1.69. The molecule has 1 amide bonds. The molecule has 2 rings (SSSR count). The largest absolute Gasteiger partial charge is 0.471 e. The molecule has 0 bridgehead atoms. The van der Waals surface area contributed by atoms with Crippen LogP contribution in [0.25, 0.3) is 0 Å². The van der Waals surface area contributed by atoms with Crippen molar-refractivity contribution in [1.82, 2.24) is 10.2 Å². The first kappa shape index (κ1) is 11.7. The minimum atomic E-state index is -4.76. The average molecular weight is 236 g/mol. The molecule has 0 aromatic heterocycles. The highest BCUT2D eigenvalue weighted by Crippen LogP contribution is 2.31. The average Bonchev–Trinajstić information content (AvgIpc) is 2.94. The van der Waals surface area contributed by atoms with Crippen LogP contribution in [0.1, 0.15) is 19.3 Å². The van der Waals surface area contributed by atoms with E-state index in [1.807, 2.05) is 5.32 Å². The maximum Gasteiger partial charge on any atom is 0.471 e. The maximum absolute atomic E-state index is 11.9. The van der Waals surface area contributed by atoms with Crippen molar-refractivity contribution in [1.29, 1.82) is 0 Å². The first-order chi connectivity index (χ1) is 7.47. The Labute approximate surface area is 92.0 Å². The van der Waals surface area contributed by atoms with Crippen molar-refractivity contribution in [2.45, 2.75) is 31.5 Å². The fourth-order valence-electron chi connectivity index (χ4n) is 2.14. The van der Waals surface area contributed by atoms with Crippen LogP contribution in [-0.2, 0) is 4.79 Å². The van der Waals surface area contributed by atoms with Crippen molar-refractivity contribution in [3.05, 3.63) is 0 Å². The molecule has 0 spiro atoms. The molecule has 2 fully saturated rings. The first-order valence-corrected chi connectivity index (χ1v) is 5.56. The summed E-state index contributed by atoms with van der Waals surface area (Å²) in [5.41, 5.74) is 0. The lowest BCUT2D eigenvalue weighted by Gasteiger charge is -2.15. The number of nitrogens with one attached hydrogen (secondary N) is 1. The van der Waals surface area contributed by atoms with Gasteiger partial charge in [-0.25, -0.2) is 0 Å². The summed E-state index contributed by atoms with van der Waals surface area (Å²) in [7, 11) is 0. The van der Waals surface area contributed by atoms with Gasteiger partial charge < -0.3 is 10.2 Å². The lowest BCUT2D eigenvalue weighted by molar-refractivity contribution is -0.173. The minimum absolute atomic E-state index is 0.140. The lowest BCUT2D eigenvalue weighted by atomic mass is 10.1. The Morgan fingerprint density at radius 1 is 1.31 bits per heavy atom. The van der Waals surface area contributed by atoms with Crippen LogP contribution in [0, 0.1) is 5.92 Å². The Morgan fingerprint density at radius 3 is 2.56 bits per heavy atom.